The van der Waals surface area contributed by atoms with E-state index in [1.54, 1.807) is 33.8 Å². The van der Waals surface area contributed by atoms with Crippen molar-refractivity contribution in [2.24, 2.45) is 0 Å². The number of anilines is 1. The van der Waals surface area contributed by atoms with Gasteiger partial charge in [0.2, 0.25) is 5.72 Å². The number of nitrogens with zero attached hydrogens (tertiary/aromatic N) is 2. The van der Waals surface area contributed by atoms with Gasteiger partial charge in [0.05, 0.1) is 22.4 Å². The Kier molecular flexibility index (Phi) is 9.66. The molecule has 50 heavy (non-hydrogen) atoms. The summed E-state index contributed by atoms with van der Waals surface area (Å²) in [6.45, 7) is 15.1. The SMILES string of the molecule is CBC(C)(C)C(=O)Oc1cc(OC(=O)C(C)(C)BC)cc(C(=O)OCCN2c3ccccc3C(C)(C)C23C=Cc2cc([N+](=O)[O-])ccc2O3)c1. The van der Waals surface area contributed by atoms with E-state index in [-0.39, 0.29) is 35.9 Å². The summed E-state index contributed by atoms with van der Waals surface area (Å²) in [4.78, 5) is 52.4. The monoisotopic (exact) mass is 680 g/mol. The molecule has 2 heterocycles. The molecule has 0 fully saturated rings. The number of ether oxygens (including phenoxy) is 4. The number of non-ortho nitro benzene ring substituents is 1. The highest BCUT2D eigenvalue weighted by molar-refractivity contribution is 6.45. The van der Waals surface area contributed by atoms with Crippen LogP contribution in [0.15, 0.2) is 66.7 Å². The molecule has 0 radical (unpaired) electrons. The Morgan fingerprint density at radius 2 is 1.50 bits per heavy atom. The lowest BCUT2D eigenvalue weighted by Gasteiger charge is -2.47. The topological polar surface area (TPSA) is 135 Å². The minimum absolute atomic E-state index is 0.0365. The number of hydrogen-bond acceptors (Lipinski definition) is 10. The summed E-state index contributed by atoms with van der Waals surface area (Å²) in [6.07, 6.45) is 3.72. The third-order valence-electron chi connectivity index (χ3n) is 10.1. The number of nitro benzene ring substituents is 1. The lowest BCUT2D eigenvalue weighted by Crippen LogP contribution is -2.60. The molecule has 1 unspecified atom stereocenters. The molecule has 1 spiro atoms. The van der Waals surface area contributed by atoms with Crippen molar-refractivity contribution in [2.45, 2.75) is 77.0 Å². The highest BCUT2D eigenvalue weighted by Gasteiger charge is 2.58. The molecule has 260 valence electrons. The van der Waals surface area contributed by atoms with Crippen LogP contribution in [0.2, 0.25) is 24.3 Å². The summed E-state index contributed by atoms with van der Waals surface area (Å²) in [7, 11) is 1.06. The minimum Gasteiger partial charge on any atom is -0.463 e. The van der Waals surface area contributed by atoms with Crippen LogP contribution in [0.3, 0.4) is 0 Å². The molecule has 2 aliphatic rings. The largest absolute Gasteiger partial charge is 0.463 e. The van der Waals surface area contributed by atoms with E-state index in [0.717, 1.165) is 11.3 Å². The van der Waals surface area contributed by atoms with Crippen LogP contribution in [0.5, 0.6) is 17.2 Å². The summed E-state index contributed by atoms with van der Waals surface area (Å²) >= 11 is 0. The van der Waals surface area contributed by atoms with Crippen LogP contribution >= 0.6 is 0 Å². The zero-order valence-electron chi connectivity index (χ0n) is 29.8. The maximum absolute atomic E-state index is 13.6. The molecule has 0 aliphatic carbocycles. The molecule has 13 heteroatoms. The number of nitro groups is 1. The number of fused-ring (bicyclic) bond motifs is 2. The normalized spacial score (nSPS) is 17.2. The second-order valence-electron chi connectivity index (χ2n) is 14.5. The van der Waals surface area contributed by atoms with Crippen molar-refractivity contribution in [1.29, 1.82) is 0 Å². The molecule has 3 aromatic rings. The van der Waals surface area contributed by atoms with Crippen molar-refractivity contribution in [3.05, 3.63) is 93.5 Å². The predicted molar refractivity (Wildman–Crippen MR) is 194 cm³/mol. The number of carbonyl (C=O) groups is 3. The molecular weight excluding hydrogens is 638 g/mol. The first-order valence-corrected chi connectivity index (χ1v) is 16.8. The Bertz CT molecular complexity index is 1840. The first-order chi connectivity index (χ1) is 23.5. The van der Waals surface area contributed by atoms with Crippen LogP contribution < -0.4 is 19.1 Å². The summed E-state index contributed by atoms with van der Waals surface area (Å²) in [5.41, 5.74) is 0.883. The Hall–Kier alpha value is -5.06. The van der Waals surface area contributed by atoms with Crippen molar-refractivity contribution < 1.29 is 38.3 Å². The van der Waals surface area contributed by atoms with E-state index < -0.39 is 44.6 Å². The maximum Gasteiger partial charge on any atom is 0.338 e. The van der Waals surface area contributed by atoms with E-state index in [4.69, 9.17) is 18.9 Å². The van der Waals surface area contributed by atoms with Gasteiger partial charge in [-0.25, -0.2) is 4.79 Å². The lowest BCUT2D eigenvalue weighted by molar-refractivity contribution is -0.384. The number of benzene rings is 3. The van der Waals surface area contributed by atoms with Crippen molar-refractivity contribution in [1.82, 2.24) is 0 Å². The number of para-hydroxylation sites is 1. The Morgan fingerprint density at radius 1 is 0.900 bits per heavy atom. The quantitative estimate of drug-likeness (QED) is 0.0724. The van der Waals surface area contributed by atoms with E-state index in [1.165, 1.54) is 30.3 Å². The van der Waals surface area contributed by atoms with Gasteiger partial charge in [0.15, 0.2) is 0 Å². The van der Waals surface area contributed by atoms with Gasteiger partial charge in [-0.1, -0.05) is 59.5 Å². The van der Waals surface area contributed by atoms with Crippen molar-refractivity contribution in [3.8, 4) is 17.2 Å². The first-order valence-electron chi connectivity index (χ1n) is 16.8. The fourth-order valence-electron chi connectivity index (χ4n) is 5.89. The van der Waals surface area contributed by atoms with Gasteiger partial charge in [0.25, 0.3) is 5.69 Å². The molecule has 0 amide bonds. The lowest BCUT2D eigenvalue weighted by atomic mass is 9.56. The highest BCUT2D eigenvalue weighted by Crippen LogP contribution is 2.55. The third-order valence-corrected chi connectivity index (χ3v) is 10.1. The average Bonchev–Trinajstić information content (AvgIpc) is 3.25. The van der Waals surface area contributed by atoms with Gasteiger partial charge in [-0.05, 0) is 55.8 Å². The van der Waals surface area contributed by atoms with Gasteiger partial charge in [0, 0.05) is 40.1 Å². The minimum atomic E-state index is -1.04. The zero-order valence-corrected chi connectivity index (χ0v) is 29.8. The molecule has 0 bridgehead atoms. The Labute approximate surface area is 293 Å². The zero-order chi connectivity index (χ0) is 36.6. The van der Waals surface area contributed by atoms with E-state index in [0.29, 0.717) is 25.9 Å². The second kappa shape index (κ2) is 13.3. The first kappa shape index (κ1) is 36.2. The van der Waals surface area contributed by atoms with Gasteiger partial charge >= 0.3 is 17.9 Å². The van der Waals surface area contributed by atoms with Crippen LogP contribution in [0, 0.1) is 10.1 Å². The molecule has 0 aromatic heterocycles. The van der Waals surface area contributed by atoms with Crippen LogP contribution in [-0.2, 0) is 19.7 Å². The Morgan fingerprint density at radius 3 is 2.08 bits per heavy atom. The summed E-state index contributed by atoms with van der Waals surface area (Å²) in [6, 6.07) is 16.6. The van der Waals surface area contributed by atoms with Crippen molar-refractivity contribution >= 4 is 49.9 Å². The molecule has 2 aliphatic heterocycles. The second-order valence-corrected chi connectivity index (χ2v) is 14.5. The van der Waals surface area contributed by atoms with Gasteiger partial charge in [-0.3, -0.25) is 19.7 Å². The smallest absolute Gasteiger partial charge is 0.338 e. The van der Waals surface area contributed by atoms with E-state index in [2.05, 4.69) is 13.8 Å². The maximum atomic E-state index is 13.6. The fraction of sp³-hybridized carbons (Fsp3) is 0.378. The standard InChI is InChI=1S/C37H42B2N2O9/c1-34(2)28-11-9-10-12-29(28)40(37(34)16-15-23-19-25(41(45)46)13-14-30(23)50-37)17-18-47-31(42)24-20-26(48-32(43)35(3,4)38-7)22-27(21-24)49-33(44)36(5,6)39-8/h9-16,19-22,38-39H,17-18H2,1-8H3. The molecule has 3 aromatic carbocycles. The van der Waals surface area contributed by atoms with Gasteiger partial charge < -0.3 is 23.8 Å². The Balaban J connectivity index is 1.41. The van der Waals surface area contributed by atoms with Crippen LogP contribution in [-0.4, -0.2) is 56.3 Å². The van der Waals surface area contributed by atoms with Crippen LogP contribution in [0.1, 0.15) is 63.0 Å². The number of carbonyl (C=O) groups excluding carboxylic acids is 3. The molecule has 1 atom stereocenters. The average molecular weight is 680 g/mol. The van der Waals surface area contributed by atoms with E-state index in [9.17, 15) is 24.5 Å². The van der Waals surface area contributed by atoms with Crippen LogP contribution in [0.4, 0.5) is 11.4 Å². The summed E-state index contributed by atoms with van der Waals surface area (Å²) < 4.78 is 23.8. The molecule has 0 saturated carbocycles. The highest BCUT2D eigenvalue weighted by atomic mass is 16.6. The predicted octanol–water partition coefficient (Wildman–Crippen LogP) is 6.53. The third kappa shape index (κ3) is 6.60. The molecule has 11 nitrogen and oxygen atoms in total. The van der Waals surface area contributed by atoms with Gasteiger partial charge in [0.1, 0.15) is 38.4 Å². The summed E-state index contributed by atoms with van der Waals surface area (Å²) in [5.74, 6) is -1.09. The molecular formula is C37H42B2N2O9. The number of rotatable bonds is 11. The van der Waals surface area contributed by atoms with Crippen molar-refractivity contribution in [3.63, 3.8) is 0 Å². The van der Waals surface area contributed by atoms with Crippen LogP contribution in [0.25, 0.3) is 6.08 Å². The molecule has 5 rings (SSSR count). The van der Waals surface area contributed by atoms with Gasteiger partial charge in [-0.2, -0.15) is 0 Å². The van der Waals surface area contributed by atoms with E-state index in [1.807, 2.05) is 55.0 Å². The van der Waals surface area contributed by atoms with Gasteiger partial charge in [-0.15, -0.1) is 0 Å². The van der Waals surface area contributed by atoms with E-state index >= 15 is 0 Å². The fourth-order valence-corrected chi connectivity index (χ4v) is 5.89. The number of esters is 3. The summed E-state index contributed by atoms with van der Waals surface area (Å²) in [5, 5.41) is 9.84. The molecule has 0 saturated heterocycles. The molecule has 0 N–H and O–H groups in total. The van der Waals surface area contributed by atoms with Crippen molar-refractivity contribution in [2.75, 3.05) is 18.1 Å². The number of hydrogen-bond donors (Lipinski definition) is 0.